The summed E-state index contributed by atoms with van der Waals surface area (Å²) >= 11 is 0. The highest BCUT2D eigenvalue weighted by molar-refractivity contribution is 6.00. The van der Waals surface area contributed by atoms with E-state index in [2.05, 4.69) is 0 Å². The smallest absolute Gasteiger partial charge is 0.257 e. The Bertz CT molecular complexity index is 473. The average molecular weight is 248 g/mol. The van der Waals surface area contributed by atoms with Crippen LogP contribution in [-0.2, 0) is 9.53 Å². The van der Waals surface area contributed by atoms with E-state index < -0.39 is 6.10 Å². The van der Waals surface area contributed by atoms with Gasteiger partial charge in [0.1, 0.15) is 6.10 Å². The largest absolute Gasteiger partial charge is 0.365 e. The zero-order valence-electron chi connectivity index (χ0n) is 10.3. The number of hydrogen-bond donors (Lipinski definition) is 1. The summed E-state index contributed by atoms with van der Waals surface area (Å²) in [6, 6.07) is 7.03. The van der Waals surface area contributed by atoms with Gasteiger partial charge < -0.3 is 15.4 Å². The molecule has 0 bridgehead atoms. The summed E-state index contributed by atoms with van der Waals surface area (Å²) in [4.78, 5) is 25.0. The second-order valence-corrected chi connectivity index (χ2v) is 4.19. The lowest BCUT2D eigenvalue weighted by atomic mass is 10.1. The fourth-order valence-electron chi connectivity index (χ4n) is 1.96. The molecule has 18 heavy (non-hydrogen) atoms. The van der Waals surface area contributed by atoms with Gasteiger partial charge in [0.25, 0.3) is 5.91 Å². The second-order valence-electron chi connectivity index (χ2n) is 4.19. The number of nitrogens with zero attached hydrogens (tertiary/aromatic N) is 1. The van der Waals surface area contributed by atoms with Gasteiger partial charge in [0.05, 0.1) is 6.61 Å². The van der Waals surface area contributed by atoms with Gasteiger partial charge in [0.2, 0.25) is 0 Å². The molecular weight excluding hydrogens is 232 g/mol. The maximum absolute atomic E-state index is 12.1. The number of ether oxygens (including phenoxy) is 1. The van der Waals surface area contributed by atoms with E-state index in [1.54, 1.807) is 23.1 Å². The van der Waals surface area contributed by atoms with Gasteiger partial charge in [-0.1, -0.05) is 12.1 Å². The molecule has 0 saturated carbocycles. The number of carbonyl (C=O) groups excluding carboxylic acids is 2. The van der Waals surface area contributed by atoms with Gasteiger partial charge >= 0.3 is 0 Å². The minimum atomic E-state index is -0.584. The van der Waals surface area contributed by atoms with Crippen molar-refractivity contribution in [3.8, 4) is 0 Å². The van der Waals surface area contributed by atoms with Crippen LogP contribution in [0.15, 0.2) is 24.3 Å². The Kier molecular flexibility index (Phi) is 3.74. The molecule has 1 aliphatic rings. The normalized spacial score (nSPS) is 20.0. The van der Waals surface area contributed by atoms with Crippen molar-refractivity contribution in [3.05, 3.63) is 29.8 Å². The standard InChI is InChI=1S/C13H16N2O3/c1-9(16)10-3-2-4-11(7-10)15-5-6-18-12(8-14)13(15)17/h2-4,7,12H,5-6,8,14H2,1H3. The number of Topliss-reactive ketones (excluding diaryl/α,β-unsaturated/α-hetero) is 1. The Morgan fingerprint density at radius 2 is 2.33 bits per heavy atom. The number of benzene rings is 1. The molecule has 1 aromatic carbocycles. The Labute approximate surface area is 106 Å². The first-order chi connectivity index (χ1) is 8.63. The third kappa shape index (κ3) is 2.42. The summed E-state index contributed by atoms with van der Waals surface area (Å²) in [5.74, 6) is -0.169. The Morgan fingerprint density at radius 3 is 3.00 bits per heavy atom. The minimum absolute atomic E-state index is 0.0204. The SMILES string of the molecule is CC(=O)c1cccc(N2CCOC(CN)C2=O)c1. The van der Waals surface area contributed by atoms with Crippen LogP contribution in [0.2, 0.25) is 0 Å². The summed E-state index contributed by atoms with van der Waals surface area (Å²) in [6.45, 7) is 2.61. The number of nitrogens with two attached hydrogens (primary N) is 1. The summed E-state index contributed by atoms with van der Waals surface area (Å²) in [7, 11) is 0. The zero-order valence-corrected chi connectivity index (χ0v) is 10.3. The molecule has 0 aromatic heterocycles. The van der Waals surface area contributed by atoms with Crippen molar-refractivity contribution < 1.29 is 14.3 Å². The summed E-state index contributed by atoms with van der Waals surface area (Å²) in [6.07, 6.45) is -0.584. The molecule has 1 aromatic rings. The third-order valence-corrected chi connectivity index (χ3v) is 2.95. The molecule has 1 saturated heterocycles. The van der Waals surface area contributed by atoms with Gasteiger partial charge in [0.15, 0.2) is 5.78 Å². The maximum Gasteiger partial charge on any atom is 0.257 e. The number of hydrogen-bond acceptors (Lipinski definition) is 4. The van der Waals surface area contributed by atoms with Crippen LogP contribution in [0, 0.1) is 0 Å². The third-order valence-electron chi connectivity index (χ3n) is 2.95. The first-order valence-corrected chi connectivity index (χ1v) is 5.87. The van der Waals surface area contributed by atoms with E-state index in [0.717, 1.165) is 5.69 Å². The van der Waals surface area contributed by atoms with Gasteiger partial charge in [-0.25, -0.2) is 0 Å². The van der Waals surface area contributed by atoms with E-state index in [1.807, 2.05) is 6.07 Å². The molecule has 2 N–H and O–H groups in total. The molecule has 0 spiro atoms. The highest BCUT2D eigenvalue weighted by Gasteiger charge is 2.29. The first-order valence-electron chi connectivity index (χ1n) is 5.87. The number of amides is 1. The van der Waals surface area contributed by atoms with E-state index in [0.29, 0.717) is 18.7 Å². The monoisotopic (exact) mass is 248 g/mol. The molecular formula is C13H16N2O3. The van der Waals surface area contributed by atoms with Crippen LogP contribution >= 0.6 is 0 Å². The maximum atomic E-state index is 12.1. The highest BCUT2D eigenvalue weighted by atomic mass is 16.5. The molecule has 96 valence electrons. The molecule has 0 radical (unpaired) electrons. The predicted molar refractivity (Wildman–Crippen MR) is 67.6 cm³/mol. The average Bonchev–Trinajstić information content (AvgIpc) is 2.39. The Hall–Kier alpha value is -1.72. The fourth-order valence-corrected chi connectivity index (χ4v) is 1.96. The van der Waals surface area contributed by atoms with Crippen molar-refractivity contribution in [1.29, 1.82) is 0 Å². The molecule has 1 unspecified atom stereocenters. The summed E-state index contributed by atoms with van der Waals surface area (Å²) in [5, 5.41) is 0. The van der Waals surface area contributed by atoms with E-state index in [9.17, 15) is 9.59 Å². The Morgan fingerprint density at radius 1 is 1.56 bits per heavy atom. The fraction of sp³-hybridized carbons (Fsp3) is 0.385. The number of rotatable bonds is 3. The van der Waals surface area contributed by atoms with E-state index in [4.69, 9.17) is 10.5 Å². The second kappa shape index (κ2) is 5.29. The van der Waals surface area contributed by atoms with Crippen molar-refractivity contribution in [2.45, 2.75) is 13.0 Å². The van der Waals surface area contributed by atoms with Crippen molar-refractivity contribution in [1.82, 2.24) is 0 Å². The number of morpholine rings is 1. The van der Waals surface area contributed by atoms with Crippen molar-refractivity contribution in [3.63, 3.8) is 0 Å². The van der Waals surface area contributed by atoms with Crippen molar-refractivity contribution in [2.24, 2.45) is 5.73 Å². The highest BCUT2D eigenvalue weighted by Crippen LogP contribution is 2.20. The lowest BCUT2D eigenvalue weighted by Crippen LogP contribution is -2.50. The quantitative estimate of drug-likeness (QED) is 0.794. The topological polar surface area (TPSA) is 72.6 Å². The van der Waals surface area contributed by atoms with E-state index >= 15 is 0 Å². The molecule has 0 aliphatic carbocycles. The van der Waals surface area contributed by atoms with Crippen LogP contribution in [0.4, 0.5) is 5.69 Å². The van der Waals surface area contributed by atoms with Gasteiger partial charge in [-0.2, -0.15) is 0 Å². The van der Waals surface area contributed by atoms with Crippen molar-refractivity contribution in [2.75, 3.05) is 24.6 Å². The van der Waals surface area contributed by atoms with Crippen LogP contribution in [0.1, 0.15) is 17.3 Å². The van der Waals surface area contributed by atoms with Crippen LogP contribution in [0.3, 0.4) is 0 Å². The van der Waals surface area contributed by atoms with Crippen LogP contribution in [0.25, 0.3) is 0 Å². The molecule has 1 amide bonds. The van der Waals surface area contributed by atoms with Gasteiger partial charge in [-0.15, -0.1) is 0 Å². The van der Waals surface area contributed by atoms with E-state index in [-0.39, 0.29) is 18.2 Å². The number of ketones is 1. The lowest BCUT2D eigenvalue weighted by molar-refractivity contribution is -0.133. The van der Waals surface area contributed by atoms with Crippen LogP contribution < -0.4 is 10.6 Å². The van der Waals surface area contributed by atoms with Gasteiger partial charge in [-0.05, 0) is 19.1 Å². The summed E-state index contributed by atoms with van der Waals surface area (Å²) in [5.41, 5.74) is 6.80. The molecule has 5 heteroatoms. The van der Waals surface area contributed by atoms with E-state index in [1.165, 1.54) is 6.92 Å². The lowest BCUT2D eigenvalue weighted by Gasteiger charge is -2.32. The van der Waals surface area contributed by atoms with Crippen LogP contribution in [0.5, 0.6) is 0 Å². The molecule has 2 rings (SSSR count). The Balaban J connectivity index is 2.27. The summed E-state index contributed by atoms with van der Waals surface area (Å²) < 4.78 is 5.29. The van der Waals surface area contributed by atoms with Gasteiger partial charge in [-0.3, -0.25) is 9.59 Å². The zero-order chi connectivity index (χ0) is 13.1. The number of carbonyl (C=O) groups is 2. The van der Waals surface area contributed by atoms with Crippen LogP contribution in [-0.4, -0.2) is 37.5 Å². The van der Waals surface area contributed by atoms with Crippen molar-refractivity contribution >= 4 is 17.4 Å². The molecule has 1 atom stereocenters. The molecule has 5 nitrogen and oxygen atoms in total. The molecule has 1 aliphatic heterocycles. The predicted octanol–water partition coefficient (Wildman–Crippen LogP) is 0.580. The molecule has 1 fully saturated rings. The minimum Gasteiger partial charge on any atom is -0.365 e. The molecule has 1 heterocycles. The van der Waals surface area contributed by atoms with Gasteiger partial charge in [0, 0.05) is 24.3 Å². The number of anilines is 1. The first kappa shape index (κ1) is 12.7.